The summed E-state index contributed by atoms with van der Waals surface area (Å²) in [4.78, 5) is 14.4. The predicted octanol–water partition coefficient (Wildman–Crippen LogP) is 1.15. The molecule has 1 fully saturated rings. The zero-order valence-corrected chi connectivity index (χ0v) is 14.0. The first-order chi connectivity index (χ1) is 10.5. The van der Waals surface area contributed by atoms with Gasteiger partial charge in [-0.3, -0.25) is 0 Å². The van der Waals surface area contributed by atoms with Crippen molar-refractivity contribution in [3.05, 3.63) is 12.2 Å². The summed E-state index contributed by atoms with van der Waals surface area (Å²) in [5.74, 6) is 2.23. The molecule has 2 N–H and O–H groups in total. The Labute approximate surface area is 132 Å². The Bertz CT molecular complexity index is 478. The molecule has 1 aromatic rings. The summed E-state index contributed by atoms with van der Waals surface area (Å²) in [6.45, 7) is 10.3. The highest BCUT2D eigenvalue weighted by Gasteiger charge is 2.21. The van der Waals surface area contributed by atoms with Gasteiger partial charge in [-0.25, -0.2) is 4.79 Å². The van der Waals surface area contributed by atoms with Crippen LogP contribution in [0.1, 0.15) is 39.1 Å². The van der Waals surface area contributed by atoms with Crippen LogP contribution in [0.4, 0.5) is 4.79 Å². The standard InChI is InChI=1S/C15H28N6O/c1-11-7-12(2)9-21(8-11)6-5-16-15(22)18-13(3)14-19-17-10-20(14)4/h10-13H,5-9H2,1-4H3,(H2,16,18,22)/t11-,12+,13-/m1/s1. The first-order valence-corrected chi connectivity index (χ1v) is 8.06. The fourth-order valence-electron chi connectivity index (χ4n) is 3.30. The minimum Gasteiger partial charge on any atom is -0.337 e. The van der Waals surface area contributed by atoms with Gasteiger partial charge in [0.25, 0.3) is 0 Å². The first-order valence-electron chi connectivity index (χ1n) is 8.06. The van der Waals surface area contributed by atoms with E-state index in [1.165, 1.54) is 6.42 Å². The maximum atomic E-state index is 11.9. The number of aromatic nitrogens is 3. The maximum absolute atomic E-state index is 11.9. The quantitative estimate of drug-likeness (QED) is 0.856. The molecule has 7 heteroatoms. The normalized spacial score (nSPS) is 24.0. The van der Waals surface area contributed by atoms with Crippen LogP contribution in [-0.4, -0.2) is 51.9 Å². The van der Waals surface area contributed by atoms with Crippen LogP contribution in [0.25, 0.3) is 0 Å². The van der Waals surface area contributed by atoms with Crippen LogP contribution in [0.15, 0.2) is 6.33 Å². The van der Waals surface area contributed by atoms with Crippen LogP contribution in [0, 0.1) is 11.8 Å². The SMILES string of the molecule is C[C@@H]1C[C@H](C)CN(CCNC(=O)N[C@H](C)c2nncn2C)C1. The van der Waals surface area contributed by atoms with Crippen molar-refractivity contribution in [1.29, 1.82) is 0 Å². The van der Waals surface area contributed by atoms with Gasteiger partial charge < -0.3 is 20.1 Å². The molecule has 7 nitrogen and oxygen atoms in total. The van der Waals surface area contributed by atoms with Gasteiger partial charge in [-0.05, 0) is 25.2 Å². The Morgan fingerprint density at radius 1 is 1.41 bits per heavy atom. The van der Waals surface area contributed by atoms with Gasteiger partial charge in [-0.15, -0.1) is 10.2 Å². The summed E-state index contributed by atoms with van der Waals surface area (Å²) in [6, 6.07) is -0.323. The van der Waals surface area contributed by atoms with E-state index in [-0.39, 0.29) is 12.1 Å². The van der Waals surface area contributed by atoms with E-state index in [2.05, 4.69) is 39.6 Å². The number of hydrogen-bond donors (Lipinski definition) is 2. The molecule has 0 aromatic carbocycles. The molecule has 0 bridgehead atoms. The number of amides is 2. The molecule has 0 saturated carbocycles. The zero-order chi connectivity index (χ0) is 16.1. The molecule has 1 aliphatic heterocycles. The van der Waals surface area contributed by atoms with E-state index in [0.717, 1.165) is 37.3 Å². The molecule has 2 heterocycles. The number of likely N-dealkylation sites (tertiary alicyclic amines) is 1. The smallest absolute Gasteiger partial charge is 0.315 e. The van der Waals surface area contributed by atoms with Crippen molar-refractivity contribution in [3.63, 3.8) is 0 Å². The van der Waals surface area contributed by atoms with Gasteiger partial charge in [0.05, 0.1) is 6.04 Å². The Balaban J connectivity index is 1.68. The van der Waals surface area contributed by atoms with E-state index in [0.29, 0.717) is 6.54 Å². The molecule has 0 unspecified atom stereocenters. The van der Waals surface area contributed by atoms with E-state index in [9.17, 15) is 4.79 Å². The largest absolute Gasteiger partial charge is 0.337 e. The van der Waals surface area contributed by atoms with E-state index in [1.54, 1.807) is 10.9 Å². The summed E-state index contributed by atoms with van der Waals surface area (Å²) >= 11 is 0. The Kier molecular flexibility index (Phi) is 5.76. The number of urea groups is 1. The van der Waals surface area contributed by atoms with Crippen LogP contribution >= 0.6 is 0 Å². The second-order valence-corrected chi connectivity index (χ2v) is 6.63. The van der Waals surface area contributed by atoms with Crippen molar-refractivity contribution < 1.29 is 4.79 Å². The van der Waals surface area contributed by atoms with Crippen molar-refractivity contribution in [3.8, 4) is 0 Å². The van der Waals surface area contributed by atoms with Gasteiger partial charge in [0, 0.05) is 33.2 Å². The van der Waals surface area contributed by atoms with E-state index in [1.807, 2.05) is 14.0 Å². The van der Waals surface area contributed by atoms with Gasteiger partial charge in [-0.2, -0.15) is 0 Å². The molecule has 2 amide bonds. The molecule has 124 valence electrons. The Morgan fingerprint density at radius 3 is 2.68 bits per heavy atom. The lowest BCUT2D eigenvalue weighted by atomic mass is 9.92. The average Bonchev–Trinajstić information content (AvgIpc) is 2.83. The Hall–Kier alpha value is -1.63. The molecule has 2 rings (SSSR count). The lowest BCUT2D eigenvalue weighted by molar-refractivity contribution is 0.142. The second-order valence-electron chi connectivity index (χ2n) is 6.63. The highest BCUT2D eigenvalue weighted by Crippen LogP contribution is 2.20. The summed E-state index contributed by atoms with van der Waals surface area (Å²) in [7, 11) is 1.87. The molecule has 1 aromatic heterocycles. The predicted molar refractivity (Wildman–Crippen MR) is 85.3 cm³/mol. The van der Waals surface area contributed by atoms with Crippen molar-refractivity contribution in [2.24, 2.45) is 18.9 Å². The van der Waals surface area contributed by atoms with Gasteiger partial charge in [0.1, 0.15) is 6.33 Å². The molecule has 0 radical (unpaired) electrons. The lowest BCUT2D eigenvalue weighted by Crippen LogP contribution is -2.45. The first kappa shape index (κ1) is 16.7. The number of carbonyl (C=O) groups excluding carboxylic acids is 1. The third-order valence-electron chi connectivity index (χ3n) is 4.14. The van der Waals surface area contributed by atoms with Crippen molar-refractivity contribution in [1.82, 2.24) is 30.3 Å². The van der Waals surface area contributed by atoms with Crippen LogP contribution in [0.5, 0.6) is 0 Å². The van der Waals surface area contributed by atoms with E-state index in [4.69, 9.17) is 0 Å². The van der Waals surface area contributed by atoms with Gasteiger partial charge in [-0.1, -0.05) is 13.8 Å². The van der Waals surface area contributed by atoms with E-state index >= 15 is 0 Å². The number of piperidine rings is 1. The fourth-order valence-corrected chi connectivity index (χ4v) is 3.30. The fraction of sp³-hybridized carbons (Fsp3) is 0.800. The molecular weight excluding hydrogens is 280 g/mol. The molecular formula is C15H28N6O. The van der Waals surface area contributed by atoms with Crippen LogP contribution in [0.3, 0.4) is 0 Å². The minimum atomic E-state index is -0.164. The van der Waals surface area contributed by atoms with Crippen molar-refractivity contribution in [2.75, 3.05) is 26.2 Å². The number of hydrogen-bond acceptors (Lipinski definition) is 4. The molecule has 22 heavy (non-hydrogen) atoms. The molecule has 1 aliphatic rings. The molecule has 1 saturated heterocycles. The Morgan fingerprint density at radius 2 is 2.09 bits per heavy atom. The van der Waals surface area contributed by atoms with Crippen molar-refractivity contribution in [2.45, 2.75) is 33.2 Å². The minimum absolute atomic E-state index is 0.159. The molecule has 0 spiro atoms. The van der Waals surface area contributed by atoms with Crippen LogP contribution in [0.2, 0.25) is 0 Å². The van der Waals surface area contributed by atoms with E-state index < -0.39 is 0 Å². The number of nitrogens with one attached hydrogen (secondary N) is 2. The number of carbonyl (C=O) groups is 1. The highest BCUT2D eigenvalue weighted by molar-refractivity contribution is 5.74. The number of rotatable bonds is 5. The third-order valence-corrected chi connectivity index (χ3v) is 4.14. The lowest BCUT2D eigenvalue weighted by Gasteiger charge is -2.34. The third kappa shape index (κ3) is 4.69. The van der Waals surface area contributed by atoms with Crippen molar-refractivity contribution >= 4 is 6.03 Å². The van der Waals surface area contributed by atoms with Gasteiger partial charge in [0.2, 0.25) is 0 Å². The summed E-state index contributed by atoms with van der Waals surface area (Å²) < 4.78 is 1.81. The van der Waals surface area contributed by atoms with Gasteiger partial charge in [0.15, 0.2) is 5.82 Å². The highest BCUT2D eigenvalue weighted by atomic mass is 16.2. The number of nitrogens with zero attached hydrogens (tertiary/aromatic N) is 4. The summed E-state index contributed by atoms with van der Waals surface area (Å²) in [5.41, 5.74) is 0. The number of aryl methyl sites for hydroxylation is 1. The summed E-state index contributed by atoms with van der Waals surface area (Å²) in [6.07, 6.45) is 2.93. The second kappa shape index (κ2) is 7.58. The monoisotopic (exact) mass is 308 g/mol. The average molecular weight is 308 g/mol. The molecule has 0 aliphatic carbocycles. The summed E-state index contributed by atoms with van der Waals surface area (Å²) in [5, 5.41) is 13.6. The molecule has 3 atom stereocenters. The topological polar surface area (TPSA) is 75.1 Å². The maximum Gasteiger partial charge on any atom is 0.315 e. The van der Waals surface area contributed by atoms with Crippen LogP contribution < -0.4 is 10.6 Å². The zero-order valence-electron chi connectivity index (χ0n) is 14.0. The van der Waals surface area contributed by atoms with Crippen LogP contribution in [-0.2, 0) is 7.05 Å². The van der Waals surface area contributed by atoms with Gasteiger partial charge >= 0.3 is 6.03 Å².